The second-order valence-electron chi connectivity index (χ2n) is 7.88. The van der Waals surface area contributed by atoms with Crippen LogP contribution in [0, 0.1) is 5.92 Å². The Bertz CT molecular complexity index is 696. The van der Waals surface area contributed by atoms with Crippen molar-refractivity contribution in [2.24, 2.45) is 5.92 Å². The van der Waals surface area contributed by atoms with E-state index in [2.05, 4.69) is 17.1 Å². The maximum atomic E-state index is 12.7. The van der Waals surface area contributed by atoms with Crippen LogP contribution in [0.5, 0.6) is 0 Å². The van der Waals surface area contributed by atoms with Crippen molar-refractivity contribution in [3.63, 3.8) is 0 Å². The van der Waals surface area contributed by atoms with E-state index in [1.54, 1.807) is 0 Å². The standard InChI is InChI=1S/C20H27F3N2O4.ClH/c1-12-6-8-25(9-7-12)17-15(29-16(11-26)18(17)27)10-24-19(28)13-2-4-14(5-3-13)20(21,22)23;/h2-5,12,15-18,26-27H,6-11H2,1H3,(H,24,28);1H/t15-,16+,17+,18-;/m1./s1. The summed E-state index contributed by atoms with van der Waals surface area (Å²) < 4.78 is 43.7. The van der Waals surface area contributed by atoms with E-state index in [1.807, 2.05) is 0 Å². The van der Waals surface area contributed by atoms with E-state index < -0.39 is 36.0 Å². The monoisotopic (exact) mass is 452 g/mol. The van der Waals surface area contributed by atoms with Gasteiger partial charge in [0, 0.05) is 12.1 Å². The van der Waals surface area contributed by atoms with Gasteiger partial charge in [0.1, 0.15) is 12.2 Å². The van der Waals surface area contributed by atoms with E-state index >= 15 is 0 Å². The number of carbonyl (C=O) groups excluding carboxylic acids is 1. The fourth-order valence-corrected chi connectivity index (χ4v) is 4.03. The summed E-state index contributed by atoms with van der Waals surface area (Å²) in [5, 5.41) is 22.7. The molecule has 1 aromatic carbocycles. The minimum Gasteiger partial charge on any atom is -0.394 e. The van der Waals surface area contributed by atoms with E-state index in [-0.39, 0.29) is 37.2 Å². The molecule has 2 fully saturated rings. The molecule has 0 saturated carbocycles. The zero-order valence-corrected chi connectivity index (χ0v) is 17.5. The van der Waals surface area contributed by atoms with Crippen molar-refractivity contribution in [3.05, 3.63) is 35.4 Å². The predicted octanol–water partition coefficient (Wildman–Crippen LogP) is 2.08. The van der Waals surface area contributed by atoms with Crippen LogP contribution >= 0.6 is 12.4 Å². The van der Waals surface area contributed by atoms with Crippen LogP contribution in [0.4, 0.5) is 13.2 Å². The molecule has 2 aliphatic rings. The molecule has 0 unspecified atom stereocenters. The van der Waals surface area contributed by atoms with Gasteiger partial charge in [-0.05, 0) is 56.1 Å². The zero-order valence-electron chi connectivity index (χ0n) is 16.6. The highest BCUT2D eigenvalue weighted by Gasteiger charge is 2.46. The number of likely N-dealkylation sites (tertiary alicyclic amines) is 1. The van der Waals surface area contributed by atoms with Crippen LogP contribution in [0.2, 0.25) is 0 Å². The van der Waals surface area contributed by atoms with Gasteiger partial charge in [-0.2, -0.15) is 13.2 Å². The molecule has 10 heteroatoms. The Morgan fingerprint density at radius 3 is 2.33 bits per heavy atom. The normalized spacial score (nSPS) is 28.2. The molecule has 30 heavy (non-hydrogen) atoms. The Morgan fingerprint density at radius 1 is 1.20 bits per heavy atom. The van der Waals surface area contributed by atoms with Crippen molar-refractivity contribution in [2.45, 2.75) is 50.3 Å². The summed E-state index contributed by atoms with van der Waals surface area (Å²) in [6.07, 6.45) is -4.58. The minimum atomic E-state index is -4.46. The molecule has 3 N–H and O–H groups in total. The molecule has 0 radical (unpaired) electrons. The van der Waals surface area contributed by atoms with E-state index in [0.29, 0.717) is 5.92 Å². The van der Waals surface area contributed by atoms with E-state index in [9.17, 15) is 28.2 Å². The van der Waals surface area contributed by atoms with Crippen LogP contribution in [0.3, 0.4) is 0 Å². The van der Waals surface area contributed by atoms with Crippen molar-refractivity contribution in [2.75, 3.05) is 26.2 Å². The molecule has 170 valence electrons. The lowest BCUT2D eigenvalue weighted by Crippen LogP contribution is -2.53. The Balaban J connectivity index is 0.00000320. The lowest BCUT2D eigenvalue weighted by molar-refractivity contribution is -0.137. The number of alkyl halides is 3. The molecule has 6 nitrogen and oxygen atoms in total. The number of aliphatic hydroxyl groups is 2. The molecular formula is C20H28ClF3N2O4. The average molecular weight is 453 g/mol. The summed E-state index contributed by atoms with van der Waals surface area (Å²) in [5.41, 5.74) is -0.708. The summed E-state index contributed by atoms with van der Waals surface area (Å²) in [6, 6.07) is 3.63. The van der Waals surface area contributed by atoms with Crippen LogP contribution < -0.4 is 5.32 Å². The molecule has 2 heterocycles. The molecule has 0 bridgehead atoms. The Kier molecular flexibility index (Phi) is 8.52. The molecule has 2 saturated heterocycles. The van der Waals surface area contributed by atoms with Crippen LogP contribution in [0.15, 0.2) is 24.3 Å². The number of hydrogen-bond donors (Lipinski definition) is 3. The fourth-order valence-electron chi connectivity index (χ4n) is 4.03. The summed E-state index contributed by atoms with van der Waals surface area (Å²) in [5.74, 6) is 0.0902. The van der Waals surface area contributed by atoms with Crippen molar-refractivity contribution < 1.29 is 32.9 Å². The van der Waals surface area contributed by atoms with Gasteiger partial charge >= 0.3 is 6.18 Å². The topological polar surface area (TPSA) is 82.0 Å². The molecule has 1 aromatic rings. The third-order valence-electron chi connectivity index (χ3n) is 5.82. The van der Waals surface area contributed by atoms with Crippen LogP contribution in [0.25, 0.3) is 0 Å². The highest BCUT2D eigenvalue weighted by molar-refractivity contribution is 5.94. The van der Waals surface area contributed by atoms with Crippen molar-refractivity contribution in [3.8, 4) is 0 Å². The van der Waals surface area contributed by atoms with E-state index in [4.69, 9.17) is 4.74 Å². The Labute approximate surface area is 179 Å². The number of amides is 1. The number of piperidine rings is 1. The van der Waals surface area contributed by atoms with Gasteiger partial charge in [0.25, 0.3) is 5.91 Å². The highest BCUT2D eigenvalue weighted by Crippen LogP contribution is 2.30. The summed E-state index contributed by atoms with van der Waals surface area (Å²) >= 11 is 0. The molecular weight excluding hydrogens is 425 g/mol. The second-order valence-corrected chi connectivity index (χ2v) is 7.88. The van der Waals surface area contributed by atoms with Crippen LogP contribution in [0.1, 0.15) is 35.7 Å². The zero-order chi connectivity index (χ0) is 21.2. The van der Waals surface area contributed by atoms with Gasteiger partial charge in [0.15, 0.2) is 0 Å². The van der Waals surface area contributed by atoms with Crippen molar-refractivity contribution in [1.29, 1.82) is 0 Å². The SMILES string of the molecule is CC1CCN([C@@H]2[C@H](O)[C@H](CO)O[C@@H]2CNC(=O)c2ccc(C(F)(F)F)cc2)CC1.Cl. The first kappa shape index (κ1) is 24.9. The maximum absolute atomic E-state index is 12.7. The fraction of sp³-hybridized carbons (Fsp3) is 0.650. The smallest absolute Gasteiger partial charge is 0.394 e. The minimum absolute atomic E-state index is 0. The third kappa shape index (κ3) is 5.64. The van der Waals surface area contributed by atoms with E-state index in [1.165, 1.54) is 0 Å². The molecule has 4 atom stereocenters. The number of nitrogens with one attached hydrogen (secondary N) is 1. The molecule has 0 aliphatic carbocycles. The number of hydrogen-bond acceptors (Lipinski definition) is 5. The quantitative estimate of drug-likeness (QED) is 0.637. The second kappa shape index (κ2) is 10.3. The number of rotatable bonds is 5. The van der Waals surface area contributed by atoms with Gasteiger partial charge in [0.05, 0.1) is 24.3 Å². The first-order chi connectivity index (χ1) is 13.7. The van der Waals surface area contributed by atoms with Gasteiger partial charge in [-0.25, -0.2) is 0 Å². The largest absolute Gasteiger partial charge is 0.416 e. The maximum Gasteiger partial charge on any atom is 0.416 e. The summed E-state index contributed by atoms with van der Waals surface area (Å²) in [4.78, 5) is 14.5. The Morgan fingerprint density at radius 2 is 1.80 bits per heavy atom. The summed E-state index contributed by atoms with van der Waals surface area (Å²) in [6.45, 7) is 3.54. The highest BCUT2D eigenvalue weighted by atomic mass is 35.5. The van der Waals surface area contributed by atoms with Gasteiger partial charge in [-0.15, -0.1) is 12.4 Å². The van der Waals surface area contributed by atoms with Gasteiger partial charge < -0.3 is 20.3 Å². The van der Waals surface area contributed by atoms with Gasteiger partial charge in [-0.3, -0.25) is 9.69 Å². The van der Waals surface area contributed by atoms with Gasteiger partial charge in [0.2, 0.25) is 0 Å². The molecule has 3 rings (SSSR count). The molecule has 1 amide bonds. The third-order valence-corrected chi connectivity index (χ3v) is 5.82. The number of carbonyl (C=O) groups is 1. The molecule has 0 aromatic heterocycles. The average Bonchev–Trinajstić information content (AvgIpc) is 3.01. The molecule has 0 spiro atoms. The predicted molar refractivity (Wildman–Crippen MR) is 107 cm³/mol. The van der Waals surface area contributed by atoms with Crippen molar-refractivity contribution >= 4 is 18.3 Å². The lowest BCUT2D eigenvalue weighted by atomic mass is 9.94. The lowest BCUT2D eigenvalue weighted by Gasteiger charge is -2.38. The number of halogens is 4. The first-order valence-electron chi connectivity index (χ1n) is 9.84. The van der Waals surface area contributed by atoms with Crippen LogP contribution in [-0.2, 0) is 10.9 Å². The number of ether oxygens (including phenoxy) is 1. The molecule has 2 aliphatic heterocycles. The van der Waals surface area contributed by atoms with Gasteiger partial charge in [-0.1, -0.05) is 6.92 Å². The van der Waals surface area contributed by atoms with Crippen molar-refractivity contribution in [1.82, 2.24) is 10.2 Å². The Hall–Kier alpha value is -1.39. The summed E-state index contributed by atoms with van der Waals surface area (Å²) in [7, 11) is 0. The number of benzene rings is 1. The number of aliphatic hydroxyl groups excluding tert-OH is 2. The van der Waals surface area contributed by atoms with Crippen LogP contribution in [-0.4, -0.2) is 71.6 Å². The van der Waals surface area contributed by atoms with E-state index in [0.717, 1.165) is 50.2 Å². The first-order valence-corrected chi connectivity index (χ1v) is 9.84. The number of nitrogens with zero attached hydrogens (tertiary/aromatic N) is 1.